The normalized spacial score (nSPS) is 11.2. The SMILES string of the molecule is COC(=O)Cc1ccc(OC)c(-c2ccc(C(F)(F)F)cc2CNCCC(=O)OCc2cccc(Cl)c2)c1. The van der Waals surface area contributed by atoms with E-state index in [2.05, 4.69) is 5.32 Å². The highest BCUT2D eigenvalue weighted by molar-refractivity contribution is 6.30. The second-order valence-corrected chi connectivity index (χ2v) is 8.81. The maximum Gasteiger partial charge on any atom is 0.416 e. The van der Waals surface area contributed by atoms with Crippen LogP contribution in [0.4, 0.5) is 13.2 Å². The highest BCUT2D eigenvalue weighted by atomic mass is 35.5. The van der Waals surface area contributed by atoms with Crippen molar-refractivity contribution in [3.8, 4) is 16.9 Å². The van der Waals surface area contributed by atoms with Crippen LogP contribution in [0.1, 0.15) is 28.7 Å². The molecule has 0 spiro atoms. The summed E-state index contributed by atoms with van der Waals surface area (Å²) in [6.07, 6.45) is -4.51. The first kappa shape index (κ1) is 29.0. The highest BCUT2D eigenvalue weighted by Gasteiger charge is 2.31. The van der Waals surface area contributed by atoms with Crippen LogP contribution in [0.15, 0.2) is 60.7 Å². The number of hydrogen-bond donors (Lipinski definition) is 1. The molecular formula is C28H27ClF3NO5. The minimum atomic E-state index is -4.53. The summed E-state index contributed by atoms with van der Waals surface area (Å²) in [5.41, 5.74) is 1.94. The van der Waals surface area contributed by atoms with Gasteiger partial charge in [-0.1, -0.05) is 35.9 Å². The van der Waals surface area contributed by atoms with E-state index >= 15 is 0 Å². The first-order chi connectivity index (χ1) is 18.1. The number of alkyl halides is 3. The molecule has 0 amide bonds. The minimum absolute atomic E-state index is 0.000982. The Labute approximate surface area is 223 Å². The molecular weight excluding hydrogens is 523 g/mol. The number of nitrogens with one attached hydrogen (secondary N) is 1. The molecule has 0 aliphatic carbocycles. The average Bonchev–Trinajstić information content (AvgIpc) is 2.89. The van der Waals surface area contributed by atoms with E-state index in [1.165, 1.54) is 20.3 Å². The fourth-order valence-electron chi connectivity index (χ4n) is 3.77. The number of ether oxygens (including phenoxy) is 3. The lowest BCUT2D eigenvalue weighted by atomic mass is 9.94. The predicted octanol–water partition coefficient (Wildman–Crippen LogP) is 5.97. The number of carbonyl (C=O) groups excluding carboxylic acids is 2. The number of carbonyl (C=O) groups is 2. The molecule has 202 valence electrons. The van der Waals surface area contributed by atoms with Gasteiger partial charge in [-0.05, 0) is 58.7 Å². The Morgan fingerprint density at radius 3 is 2.39 bits per heavy atom. The molecule has 0 aliphatic heterocycles. The van der Waals surface area contributed by atoms with E-state index in [4.69, 9.17) is 25.8 Å². The van der Waals surface area contributed by atoms with E-state index in [9.17, 15) is 22.8 Å². The molecule has 0 aliphatic rings. The van der Waals surface area contributed by atoms with E-state index in [1.54, 1.807) is 42.5 Å². The number of esters is 2. The largest absolute Gasteiger partial charge is 0.496 e. The van der Waals surface area contributed by atoms with Crippen molar-refractivity contribution in [2.45, 2.75) is 32.2 Å². The molecule has 6 nitrogen and oxygen atoms in total. The number of halogens is 4. The molecule has 0 aromatic heterocycles. The van der Waals surface area contributed by atoms with Gasteiger partial charge in [-0.3, -0.25) is 9.59 Å². The van der Waals surface area contributed by atoms with Crippen LogP contribution in [0.5, 0.6) is 5.75 Å². The second kappa shape index (κ2) is 13.3. The summed E-state index contributed by atoms with van der Waals surface area (Å²) in [4.78, 5) is 23.9. The molecule has 0 unspecified atom stereocenters. The lowest BCUT2D eigenvalue weighted by molar-refractivity contribution is -0.145. The van der Waals surface area contributed by atoms with Crippen LogP contribution in [0.2, 0.25) is 5.02 Å². The summed E-state index contributed by atoms with van der Waals surface area (Å²) in [7, 11) is 2.73. The Bertz CT molecular complexity index is 1280. The van der Waals surface area contributed by atoms with E-state index in [-0.39, 0.29) is 32.5 Å². The molecule has 38 heavy (non-hydrogen) atoms. The Kier molecular flexibility index (Phi) is 10.2. The summed E-state index contributed by atoms with van der Waals surface area (Å²) in [5, 5.41) is 3.55. The number of benzene rings is 3. The van der Waals surface area contributed by atoms with Crippen LogP contribution in [0, 0.1) is 0 Å². The van der Waals surface area contributed by atoms with E-state index < -0.39 is 23.7 Å². The van der Waals surface area contributed by atoms with Crippen LogP contribution in [-0.4, -0.2) is 32.7 Å². The molecule has 0 saturated heterocycles. The Hall–Kier alpha value is -3.56. The van der Waals surface area contributed by atoms with Crippen LogP contribution >= 0.6 is 11.6 Å². The van der Waals surface area contributed by atoms with Gasteiger partial charge in [0.15, 0.2) is 0 Å². The van der Waals surface area contributed by atoms with Gasteiger partial charge in [0.1, 0.15) is 12.4 Å². The molecule has 0 heterocycles. The molecule has 0 atom stereocenters. The van der Waals surface area contributed by atoms with Crippen molar-refractivity contribution >= 4 is 23.5 Å². The molecule has 1 N–H and O–H groups in total. The first-order valence-corrected chi connectivity index (χ1v) is 12.0. The van der Waals surface area contributed by atoms with Gasteiger partial charge in [0.25, 0.3) is 0 Å². The summed E-state index contributed by atoms with van der Waals surface area (Å²) in [6, 6.07) is 15.4. The van der Waals surface area contributed by atoms with Gasteiger partial charge < -0.3 is 19.5 Å². The quantitative estimate of drug-likeness (QED) is 0.234. The van der Waals surface area contributed by atoms with Crippen molar-refractivity contribution in [3.05, 3.63) is 87.9 Å². The first-order valence-electron chi connectivity index (χ1n) is 11.7. The lowest BCUT2D eigenvalue weighted by Gasteiger charge is -2.17. The van der Waals surface area contributed by atoms with Gasteiger partial charge in [0.2, 0.25) is 0 Å². The third-order valence-electron chi connectivity index (χ3n) is 5.67. The molecule has 0 radical (unpaired) electrons. The third kappa shape index (κ3) is 8.22. The van der Waals surface area contributed by atoms with Crippen molar-refractivity contribution in [2.75, 3.05) is 20.8 Å². The molecule has 3 aromatic rings. The summed E-state index contributed by atoms with van der Waals surface area (Å²) in [5.74, 6) is -0.471. The van der Waals surface area contributed by atoms with Crippen LogP contribution < -0.4 is 10.1 Å². The number of rotatable bonds is 11. The summed E-state index contributed by atoms with van der Waals surface area (Å²) >= 11 is 5.92. The Morgan fingerprint density at radius 2 is 1.71 bits per heavy atom. The number of hydrogen-bond acceptors (Lipinski definition) is 6. The van der Waals surface area contributed by atoms with Crippen LogP contribution in [0.25, 0.3) is 11.1 Å². The molecule has 10 heteroatoms. The lowest BCUT2D eigenvalue weighted by Crippen LogP contribution is -2.20. The van der Waals surface area contributed by atoms with Crippen molar-refractivity contribution in [1.29, 1.82) is 0 Å². The molecule has 3 rings (SSSR count). The molecule has 0 bridgehead atoms. The van der Waals surface area contributed by atoms with Crippen LogP contribution in [-0.2, 0) is 44.8 Å². The van der Waals surface area contributed by atoms with Gasteiger partial charge >= 0.3 is 18.1 Å². The monoisotopic (exact) mass is 549 g/mol. The van der Waals surface area contributed by atoms with Gasteiger partial charge in [-0.2, -0.15) is 13.2 Å². The van der Waals surface area contributed by atoms with Crippen molar-refractivity contribution in [3.63, 3.8) is 0 Å². The smallest absolute Gasteiger partial charge is 0.416 e. The van der Waals surface area contributed by atoms with Gasteiger partial charge in [-0.15, -0.1) is 0 Å². The minimum Gasteiger partial charge on any atom is -0.496 e. The van der Waals surface area contributed by atoms with Gasteiger partial charge in [-0.25, -0.2) is 0 Å². The Balaban J connectivity index is 1.74. The van der Waals surface area contributed by atoms with E-state index in [0.29, 0.717) is 33.0 Å². The fourth-order valence-corrected chi connectivity index (χ4v) is 3.98. The van der Waals surface area contributed by atoms with Gasteiger partial charge in [0, 0.05) is 23.7 Å². The molecule has 3 aromatic carbocycles. The average molecular weight is 550 g/mol. The highest BCUT2D eigenvalue weighted by Crippen LogP contribution is 2.37. The zero-order valence-corrected chi connectivity index (χ0v) is 21.6. The second-order valence-electron chi connectivity index (χ2n) is 8.37. The maximum atomic E-state index is 13.5. The number of methoxy groups -OCH3 is 2. The van der Waals surface area contributed by atoms with E-state index in [0.717, 1.165) is 17.7 Å². The van der Waals surface area contributed by atoms with Crippen LogP contribution in [0.3, 0.4) is 0 Å². The zero-order chi connectivity index (χ0) is 27.7. The molecule has 0 fully saturated rings. The van der Waals surface area contributed by atoms with Crippen molar-refractivity contribution < 1.29 is 37.0 Å². The maximum absolute atomic E-state index is 13.5. The van der Waals surface area contributed by atoms with E-state index in [1.807, 2.05) is 0 Å². The van der Waals surface area contributed by atoms with Gasteiger partial charge in [0.05, 0.1) is 32.6 Å². The van der Waals surface area contributed by atoms with Crippen molar-refractivity contribution in [2.24, 2.45) is 0 Å². The summed E-state index contributed by atoms with van der Waals surface area (Å²) < 4.78 is 55.8. The third-order valence-corrected chi connectivity index (χ3v) is 5.91. The standard InChI is InChI=1S/C28H27ClF3NO5/c1-36-25-9-6-18(14-27(35)37-2)13-24(25)23-8-7-21(28(30,31)32)15-20(23)16-33-11-10-26(34)38-17-19-4-3-5-22(29)12-19/h3-9,12-13,15,33H,10-11,14,16-17H2,1-2H3. The predicted molar refractivity (Wildman–Crippen MR) is 137 cm³/mol. The zero-order valence-electron chi connectivity index (χ0n) is 20.9. The molecule has 0 saturated carbocycles. The summed E-state index contributed by atoms with van der Waals surface area (Å²) in [6.45, 7) is 0.299. The topological polar surface area (TPSA) is 73.9 Å². The van der Waals surface area contributed by atoms with Crippen molar-refractivity contribution in [1.82, 2.24) is 5.32 Å². The fraction of sp³-hybridized carbons (Fsp3) is 0.286. The Morgan fingerprint density at radius 1 is 0.921 bits per heavy atom.